The summed E-state index contributed by atoms with van der Waals surface area (Å²) in [6.07, 6.45) is 1.04. The third kappa shape index (κ3) is 4.10. The van der Waals surface area contributed by atoms with Crippen molar-refractivity contribution in [3.63, 3.8) is 0 Å². The Bertz CT molecular complexity index is 524. The van der Waals surface area contributed by atoms with Crippen LogP contribution in [0.1, 0.15) is 31.0 Å². The smallest absolute Gasteiger partial charge is 0.119 e. The second-order valence-corrected chi connectivity index (χ2v) is 5.26. The highest BCUT2D eigenvalue weighted by atomic mass is 16.5. The van der Waals surface area contributed by atoms with Crippen LogP contribution in [0.2, 0.25) is 0 Å². The monoisotopic (exact) mass is 269 g/mol. The summed E-state index contributed by atoms with van der Waals surface area (Å²) >= 11 is 0. The van der Waals surface area contributed by atoms with Crippen LogP contribution in [-0.4, -0.2) is 13.2 Å². The number of nitrogens with one attached hydrogen (secondary N) is 1. The van der Waals surface area contributed by atoms with Crippen LogP contribution < -0.4 is 10.1 Å². The molecule has 0 amide bonds. The van der Waals surface area contributed by atoms with E-state index in [0.29, 0.717) is 12.1 Å². The van der Waals surface area contributed by atoms with E-state index in [4.69, 9.17) is 4.74 Å². The number of benzene rings is 2. The first-order chi connectivity index (χ1) is 9.69. The Labute approximate surface area is 121 Å². The first-order valence-electron chi connectivity index (χ1n) is 7.13. The molecule has 0 bridgehead atoms. The number of ether oxygens (including phenoxy) is 1. The summed E-state index contributed by atoms with van der Waals surface area (Å²) in [5.41, 5.74) is 2.62. The number of methoxy groups -OCH3 is 1. The highest BCUT2D eigenvalue weighted by molar-refractivity contribution is 5.30. The predicted molar refractivity (Wildman–Crippen MR) is 84.2 cm³/mol. The van der Waals surface area contributed by atoms with Crippen molar-refractivity contribution in [2.75, 3.05) is 7.11 Å². The lowest BCUT2D eigenvalue weighted by atomic mass is 10.0. The lowest BCUT2D eigenvalue weighted by Gasteiger charge is -2.21. The van der Waals surface area contributed by atoms with Crippen molar-refractivity contribution in [3.8, 4) is 5.75 Å². The van der Waals surface area contributed by atoms with Gasteiger partial charge >= 0.3 is 0 Å². The van der Waals surface area contributed by atoms with Gasteiger partial charge in [-0.15, -0.1) is 0 Å². The fourth-order valence-electron chi connectivity index (χ4n) is 2.46. The molecule has 106 valence electrons. The van der Waals surface area contributed by atoms with Crippen molar-refractivity contribution < 1.29 is 4.74 Å². The minimum atomic E-state index is 0.309. The summed E-state index contributed by atoms with van der Waals surface area (Å²) in [4.78, 5) is 0. The largest absolute Gasteiger partial charge is 0.497 e. The molecule has 0 fully saturated rings. The van der Waals surface area contributed by atoms with Crippen LogP contribution in [0.4, 0.5) is 0 Å². The molecule has 0 aliphatic heterocycles. The Morgan fingerprint density at radius 2 is 1.75 bits per heavy atom. The van der Waals surface area contributed by atoms with Gasteiger partial charge in [0.2, 0.25) is 0 Å². The van der Waals surface area contributed by atoms with Crippen LogP contribution in [0.5, 0.6) is 5.75 Å². The molecular formula is C18H23NO. The molecule has 0 saturated heterocycles. The molecule has 2 heteroatoms. The van der Waals surface area contributed by atoms with Crippen molar-refractivity contribution in [2.45, 2.75) is 32.4 Å². The average molecular weight is 269 g/mol. The van der Waals surface area contributed by atoms with E-state index in [1.165, 1.54) is 11.1 Å². The van der Waals surface area contributed by atoms with E-state index in [1.54, 1.807) is 7.11 Å². The highest BCUT2D eigenvalue weighted by Crippen LogP contribution is 2.19. The normalized spacial score (nSPS) is 13.8. The van der Waals surface area contributed by atoms with Crippen LogP contribution in [0.25, 0.3) is 0 Å². The summed E-state index contributed by atoms with van der Waals surface area (Å²) in [7, 11) is 1.70. The highest BCUT2D eigenvalue weighted by Gasteiger charge is 2.10. The standard InChI is InChI=1S/C18H23NO/c1-14(12-16-8-5-4-6-9-16)19-15(2)17-10-7-11-18(13-17)20-3/h4-11,13-15,19H,12H2,1-3H3/t14?,15-/m0/s1. The minimum absolute atomic E-state index is 0.309. The average Bonchev–Trinajstić information content (AvgIpc) is 2.48. The third-order valence-electron chi connectivity index (χ3n) is 3.51. The van der Waals surface area contributed by atoms with Crippen LogP contribution in [0, 0.1) is 0 Å². The third-order valence-corrected chi connectivity index (χ3v) is 3.51. The van der Waals surface area contributed by atoms with Crippen LogP contribution in [0.15, 0.2) is 54.6 Å². The SMILES string of the molecule is COc1cccc([C@H](C)NC(C)Cc2ccccc2)c1. The fourth-order valence-corrected chi connectivity index (χ4v) is 2.46. The summed E-state index contributed by atoms with van der Waals surface area (Å²) in [6.45, 7) is 4.42. The van der Waals surface area contributed by atoms with Gasteiger partial charge in [-0.3, -0.25) is 0 Å². The summed E-state index contributed by atoms with van der Waals surface area (Å²) in [5.74, 6) is 0.909. The zero-order valence-corrected chi connectivity index (χ0v) is 12.5. The maximum absolute atomic E-state index is 5.28. The van der Waals surface area contributed by atoms with Gasteiger partial charge in [-0.2, -0.15) is 0 Å². The van der Waals surface area contributed by atoms with E-state index in [0.717, 1.165) is 12.2 Å². The molecule has 1 unspecified atom stereocenters. The van der Waals surface area contributed by atoms with E-state index in [-0.39, 0.29) is 0 Å². The van der Waals surface area contributed by atoms with Gasteiger partial charge in [0.05, 0.1) is 7.11 Å². The van der Waals surface area contributed by atoms with Crippen molar-refractivity contribution in [1.82, 2.24) is 5.32 Å². The molecule has 0 aromatic heterocycles. The Balaban J connectivity index is 1.94. The molecule has 20 heavy (non-hydrogen) atoms. The van der Waals surface area contributed by atoms with Gasteiger partial charge in [-0.25, -0.2) is 0 Å². The summed E-state index contributed by atoms with van der Waals surface area (Å²) < 4.78 is 5.28. The molecular weight excluding hydrogens is 246 g/mol. The van der Waals surface area contributed by atoms with Crippen molar-refractivity contribution in [3.05, 3.63) is 65.7 Å². The first-order valence-corrected chi connectivity index (χ1v) is 7.13. The topological polar surface area (TPSA) is 21.3 Å². The van der Waals surface area contributed by atoms with Crippen LogP contribution in [0.3, 0.4) is 0 Å². The number of hydrogen-bond donors (Lipinski definition) is 1. The Kier molecular flexibility index (Phi) is 5.19. The van der Waals surface area contributed by atoms with E-state index in [9.17, 15) is 0 Å². The lowest BCUT2D eigenvalue weighted by Crippen LogP contribution is -2.30. The molecule has 2 nitrogen and oxygen atoms in total. The Hall–Kier alpha value is -1.80. The summed E-state index contributed by atoms with van der Waals surface area (Å²) in [5, 5.41) is 3.64. The molecule has 2 aromatic carbocycles. The van der Waals surface area contributed by atoms with Gasteiger partial charge in [-0.1, -0.05) is 42.5 Å². The summed E-state index contributed by atoms with van der Waals surface area (Å²) in [6, 6.07) is 19.6. The van der Waals surface area contributed by atoms with Crippen LogP contribution in [-0.2, 0) is 6.42 Å². The van der Waals surface area contributed by atoms with Crippen molar-refractivity contribution >= 4 is 0 Å². The zero-order valence-electron chi connectivity index (χ0n) is 12.5. The minimum Gasteiger partial charge on any atom is -0.497 e. The van der Waals surface area contributed by atoms with Gasteiger partial charge in [0.1, 0.15) is 5.75 Å². The maximum Gasteiger partial charge on any atom is 0.119 e. The van der Waals surface area contributed by atoms with Crippen molar-refractivity contribution in [1.29, 1.82) is 0 Å². The van der Waals surface area contributed by atoms with Gasteiger partial charge in [0.15, 0.2) is 0 Å². The molecule has 0 heterocycles. The second-order valence-electron chi connectivity index (χ2n) is 5.26. The predicted octanol–water partition coefficient (Wildman–Crippen LogP) is 3.98. The molecule has 0 spiro atoms. The first kappa shape index (κ1) is 14.6. The van der Waals surface area contributed by atoms with E-state index in [2.05, 4.69) is 61.6 Å². The second kappa shape index (κ2) is 7.11. The molecule has 1 N–H and O–H groups in total. The molecule has 0 radical (unpaired) electrons. The van der Waals surface area contributed by atoms with Crippen LogP contribution >= 0.6 is 0 Å². The van der Waals surface area contributed by atoms with E-state index < -0.39 is 0 Å². The molecule has 2 atom stereocenters. The molecule has 0 aliphatic rings. The molecule has 2 aromatic rings. The number of rotatable bonds is 6. The quantitative estimate of drug-likeness (QED) is 0.856. The Morgan fingerprint density at radius 3 is 2.45 bits per heavy atom. The van der Waals surface area contributed by atoms with Gasteiger partial charge < -0.3 is 10.1 Å². The molecule has 2 rings (SSSR count). The molecule has 0 aliphatic carbocycles. The van der Waals surface area contributed by atoms with E-state index in [1.807, 2.05) is 12.1 Å². The van der Waals surface area contributed by atoms with E-state index >= 15 is 0 Å². The Morgan fingerprint density at radius 1 is 1.00 bits per heavy atom. The maximum atomic E-state index is 5.28. The van der Waals surface area contributed by atoms with Gasteiger partial charge in [-0.05, 0) is 43.5 Å². The zero-order chi connectivity index (χ0) is 14.4. The van der Waals surface area contributed by atoms with Gasteiger partial charge in [0.25, 0.3) is 0 Å². The lowest BCUT2D eigenvalue weighted by molar-refractivity contribution is 0.412. The fraction of sp³-hybridized carbons (Fsp3) is 0.333. The molecule has 0 saturated carbocycles. The van der Waals surface area contributed by atoms with Gasteiger partial charge in [0, 0.05) is 12.1 Å². The van der Waals surface area contributed by atoms with Crippen molar-refractivity contribution in [2.24, 2.45) is 0 Å². The number of hydrogen-bond acceptors (Lipinski definition) is 2.